The van der Waals surface area contributed by atoms with Crippen molar-refractivity contribution in [3.8, 4) is 0 Å². The molecule has 1 unspecified atom stereocenters. The van der Waals surface area contributed by atoms with Crippen molar-refractivity contribution in [2.24, 2.45) is 0 Å². The van der Waals surface area contributed by atoms with Crippen LogP contribution in [-0.2, 0) is 19.1 Å². The third-order valence-electron chi connectivity index (χ3n) is 1.37. The number of ether oxygens (including phenoxy) is 2. The summed E-state index contributed by atoms with van der Waals surface area (Å²) < 4.78 is 9.37. The highest BCUT2D eigenvalue weighted by molar-refractivity contribution is 5.90. The van der Waals surface area contributed by atoms with Gasteiger partial charge in [0.05, 0.1) is 6.61 Å². The molecule has 0 amide bonds. The highest BCUT2D eigenvalue weighted by Gasteiger charge is 2.07. The van der Waals surface area contributed by atoms with Gasteiger partial charge in [-0.1, -0.05) is 13.2 Å². The summed E-state index contributed by atoms with van der Waals surface area (Å²) in [6.07, 6.45) is 1.17. The molecule has 1 atom stereocenters. The van der Waals surface area contributed by atoms with Crippen LogP contribution in [0.25, 0.3) is 0 Å². The predicted molar refractivity (Wildman–Crippen MR) is 53.2 cm³/mol. The SMILES string of the molecule is C=CC(=O)COCC(O)COC(=O)C=C. The molecule has 0 aliphatic rings. The maximum atomic E-state index is 10.7. The highest BCUT2D eigenvalue weighted by atomic mass is 16.5. The number of carbonyl (C=O) groups excluding carboxylic acids is 2. The predicted octanol–water partition coefficient (Wildman–Crippen LogP) is -0.152. The Labute approximate surface area is 88.0 Å². The van der Waals surface area contributed by atoms with Gasteiger partial charge in [0.2, 0.25) is 0 Å². The van der Waals surface area contributed by atoms with Crippen molar-refractivity contribution in [1.82, 2.24) is 0 Å². The summed E-state index contributed by atoms with van der Waals surface area (Å²) in [6.45, 7) is 6.04. The zero-order valence-electron chi connectivity index (χ0n) is 8.35. The fraction of sp³-hybridized carbons (Fsp3) is 0.400. The van der Waals surface area contributed by atoms with Crippen LogP contribution in [0.5, 0.6) is 0 Å². The maximum Gasteiger partial charge on any atom is 0.330 e. The molecule has 0 fully saturated rings. The van der Waals surface area contributed by atoms with Crippen molar-refractivity contribution in [3.05, 3.63) is 25.3 Å². The van der Waals surface area contributed by atoms with Gasteiger partial charge in [-0.25, -0.2) is 4.79 Å². The monoisotopic (exact) mass is 214 g/mol. The third-order valence-corrected chi connectivity index (χ3v) is 1.37. The van der Waals surface area contributed by atoms with Crippen molar-refractivity contribution < 1.29 is 24.2 Å². The summed E-state index contributed by atoms with van der Waals surface area (Å²) in [5.41, 5.74) is 0. The number of hydrogen-bond acceptors (Lipinski definition) is 5. The van der Waals surface area contributed by atoms with Crippen LogP contribution in [0, 0.1) is 0 Å². The molecule has 1 N–H and O–H groups in total. The lowest BCUT2D eigenvalue weighted by molar-refractivity contribution is -0.142. The summed E-state index contributed by atoms with van der Waals surface area (Å²) >= 11 is 0. The number of rotatable bonds is 8. The van der Waals surface area contributed by atoms with Gasteiger partial charge in [0.1, 0.15) is 19.3 Å². The first-order valence-corrected chi connectivity index (χ1v) is 4.30. The number of hydrogen-bond donors (Lipinski definition) is 1. The molecule has 0 heterocycles. The van der Waals surface area contributed by atoms with Crippen LogP contribution in [-0.4, -0.2) is 42.8 Å². The van der Waals surface area contributed by atoms with E-state index in [0.717, 1.165) is 12.2 Å². The standard InChI is InChI=1S/C10H14O5/c1-3-8(11)5-14-6-9(12)7-15-10(13)4-2/h3-4,9,12H,1-2,5-7H2. The van der Waals surface area contributed by atoms with Gasteiger partial charge in [-0.05, 0) is 6.08 Å². The molecule has 5 nitrogen and oxygen atoms in total. The largest absolute Gasteiger partial charge is 0.460 e. The van der Waals surface area contributed by atoms with Crippen LogP contribution in [0.3, 0.4) is 0 Å². The second-order valence-electron chi connectivity index (χ2n) is 2.67. The van der Waals surface area contributed by atoms with E-state index in [9.17, 15) is 14.7 Å². The molecular weight excluding hydrogens is 200 g/mol. The number of esters is 1. The van der Waals surface area contributed by atoms with Gasteiger partial charge >= 0.3 is 5.97 Å². The average molecular weight is 214 g/mol. The first-order valence-electron chi connectivity index (χ1n) is 4.30. The molecule has 0 rings (SSSR count). The van der Waals surface area contributed by atoms with Gasteiger partial charge in [0.15, 0.2) is 5.78 Å². The molecule has 0 radical (unpaired) electrons. The van der Waals surface area contributed by atoms with Crippen molar-refractivity contribution in [1.29, 1.82) is 0 Å². The van der Waals surface area contributed by atoms with Crippen molar-refractivity contribution in [2.75, 3.05) is 19.8 Å². The first kappa shape index (κ1) is 13.5. The highest BCUT2D eigenvalue weighted by Crippen LogP contribution is 1.90. The Kier molecular flexibility index (Phi) is 7.13. The van der Waals surface area contributed by atoms with E-state index in [2.05, 4.69) is 17.9 Å². The summed E-state index contributed by atoms with van der Waals surface area (Å²) in [7, 11) is 0. The Morgan fingerprint density at radius 1 is 1.27 bits per heavy atom. The lowest BCUT2D eigenvalue weighted by Gasteiger charge is -2.09. The molecule has 5 heteroatoms. The Balaban J connectivity index is 3.52. The van der Waals surface area contributed by atoms with Crippen molar-refractivity contribution in [2.45, 2.75) is 6.10 Å². The summed E-state index contributed by atoms with van der Waals surface area (Å²) in [6, 6.07) is 0. The van der Waals surface area contributed by atoms with Gasteiger partial charge in [-0.3, -0.25) is 4.79 Å². The minimum Gasteiger partial charge on any atom is -0.460 e. The summed E-state index contributed by atoms with van der Waals surface area (Å²) in [5.74, 6) is -0.887. The molecule has 0 aromatic carbocycles. The van der Waals surface area contributed by atoms with Crippen LogP contribution < -0.4 is 0 Å². The summed E-state index contributed by atoms with van der Waals surface area (Å²) in [5, 5.41) is 9.21. The number of carbonyl (C=O) groups is 2. The van der Waals surface area contributed by atoms with Gasteiger partial charge in [-0.2, -0.15) is 0 Å². The van der Waals surface area contributed by atoms with E-state index < -0.39 is 12.1 Å². The molecule has 0 aliphatic carbocycles. The van der Waals surface area contributed by atoms with Gasteiger partial charge < -0.3 is 14.6 Å². The van der Waals surface area contributed by atoms with E-state index in [0.29, 0.717) is 0 Å². The van der Waals surface area contributed by atoms with E-state index in [1.54, 1.807) is 0 Å². The van der Waals surface area contributed by atoms with Crippen LogP contribution >= 0.6 is 0 Å². The quantitative estimate of drug-likeness (QED) is 0.449. The van der Waals surface area contributed by atoms with Crippen molar-refractivity contribution in [3.63, 3.8) is 0 Å². The first-order chi connectivity index (χ1) is 7.10. The van der Waals surface area contributed by atoms with E-state index in [1.165, 1.54) is 0 Å². The summed E-state index contributed by atoms with van der Waals surface area (Å²) in [4.78, 5) is 21.3. The molecule has 0 aromatic rings. The molecule has 0 saturated carbocycles. The Bertz CT molecular complexity index is 246. The molecule has 0 saturated heterocycles. The number of aliphatic hydroxyl groups is 1. The fourth-order valence-corrected chi connectivity index (χ4v) is 0.640. The average Bonchev–Trinajstić information content (AvgIpc) is 2.25. The maximum absolute atomic E-state index is 10.7. The molecule has 0 aliphatic heterocycles. The van der Waals surface area contributed by atoms with E-state index in [-0.39, 0.29) is 25.6 Å². The molecule has 15 heavy (non-hydrogen) atoms. The number of ketones is 1. The van der Waals surface area contributed by atoms with Crippen LogP contribution in [0.2, 0.25) is 0 Å². The van der Waals surface area contributed by atoms with Gasteiger partial charge in [0, 0.05) is 6.08 Å². The van der Waals surface area contributed by atoms with E-state index in [1.807, 2.05) is 0 Å². The Hall–Kier alpha value is -1.46. The molecule has 0 spiro atoms. The minimum atomic E-state index is -0.952. The second-order valence-corrected chi connectivity index (χ2v) is 2.67. The molecule has 84 valence electrons. The molecule has 0 bridgehead atoms. The fourth-order valence-electron chi connectivity index (χ4n) is 0.640. The topological polar surface area (TPSA) is 72.8 Å². The lowest BCUT2D eigenvalue weighted by Crippen LogP contribution is -2.24. The second kappa shape index (κ2) is 7.90. The zero-order valence-corrected chi connectivity index (χ0v) is 8.35. The van der Waals surface area contributed by atoms with Gasteiger partial charge in [-0.15, -0.1) is 0 Å². The van der Waals surface area contributed by atoms with Crippen molar-refractivity contribution >= 4 is 11.8 Å². The Morgan fingerprint density at radius 3 is 2.47 bits per heavy atom. The van der Waals surface area contributed by atoms with E-state index >= 15 is 0 Å². The van der Waals surface area contributed by atoms with Crippen LogP contribution in [0.4, 0.5) is 0 Å². The number of aliphatic hydroxyl groups excluding tert-OH is 1. The lowest BCUT2D eigenvalue weighted by atomic mass is 10.4. The van der Waals surface area contributed by atoms with Gasteiger partial charge in [0.25, 0.3) is 0 Å². The normalized spacial score (nSPS) is 11.5. The smallest absolute Gasteiger partial charge is 0.330 e. The minimum absolute atomic E-state index is 0.0794. The molecular formula is C10H14O5. The van der Waals surface area contributed by atoms with Crippen LogP contribution in [0.15, 0.2) is 25.3 Å². The Morgan fingerprint density at radius 2 is 1.93 bits per heavy atom. The molecule has 0 aromatic heterocycles. The zero-order chi connectivity index (χ0) is 11.7. The van der Waals surface area contributed by atoms with E-state index in [4.69, 9.17) is 4.74 Å². The van der Waals surface area contributed by atoms with Crippen LogP contribution in [0.1, 0.15) is 0 Å². The third kappa shape index (κ3) is 7.60.